The number of hydrogen-bond donors (Lipinski definition) is 1. The smallest absolute Gasteiger partial charge is 0.410 e. The molecule has 1 amide bonds. The molecule has 6 heteroatoms. The van der Waals surface area contributed by atoms with E-state index in [0.29, 0.717) is 19.1 Å². The lowest BCUT2D eigenvalue weighted by atomic mass is 9.93. The van der Waals surface area contributed by atoms with Crippen LogP contribution in [0.25, 0.3) is 0 Å². The van der Waals surface area contributed by atoms with E-state index in [2.05, 4.69) is 10.3 Å². The first-order valence-electron chi connectivity index (χ1n) is 7.02. The molecule has 2 atom stereocenters. The van der Waals surface area contributed by atoms with Gasteiger partial charge in [0.2, 0.25) is 0 Å². The Morgan fingerprint density at radius 1 is 1.60 bits per heavy atom. The summed E-state index contributed by atoms with van der Waals surface area (Å²) >= 11 is 0. The molecule has 2 unspecified atom stereocenters. The summed E-state index contributed by atoms with van der Waals surface area (Å²) in [5.74, 6) is 0. The van der Waals surface area contributed by atoms with Crippen molar-refractivity contribution in [2.24, 2.45) is 0 Å². The number of likely N-dealkylation sites (tertiary alicyclic amines) is 1. The zero-order chi connectivity index (χ0) is 14.4. The van der Waals surface area contributed by atoms with Gasteiger partial charge in [-0.1, -0.05) is 0 Å². The molecule has 0 aromatic carbocycles. The molecule has 2 aliphatic rings. The number of carbonyl (C=O) groups is 1. The van der Waals surface area contributed by atoms with Crippen LogP contribution in [0.15, 0.2) is 17.1 Å². The molecule has 3 rings (SSSR count). The SMILES string of the molecule is CC(C)(C)OC(=O)N1CC2CCC(c3cocn3)(C1)N2. The minimum Gasteiger partial charge on any atom is -0.451 e. The fraction of sp³-hybridized carbons (Fsp3) is 0.714. The van der Waals surface area contributed by atoms with E-state index in [9.17, 15) is 4.79 Å². The van der Waals surface area contributed by atoms with Gasteiger partial charge in [-0.2, -0.15) is 0 Å². The second-order valence-electron chi connectivity index (χ2n) is 6.70. The molecule has 20 heavy (non-hydrogen) atoms. The molecule has 1 aromatic rings. The maximum atomic E-state index is 12.3. The zero-order valence-electron chi connectivity index (χ0n) is 12.2. The molecule has 0 saturated carbocycles. The van der Waals surface area contributed by atoms with Gasteiger partial charge in [-0.15, -0.1) is 0 Å². The van der Waals surface area contributed by atoms with Gasteiger partial charge >= 0.3 is 6.09 Å². The second kappa shape index (κ2) is 4.48. The molecule has 2 fully saturated rings. The van der Waals surface area contributed by atoms with Crippen molar-refractivity contribution >= 4 is 6.09 Å². The normalized spacial score (nSPS) is 29.6. The lowest BCUT2D eigenvalue weighted by Crippen LogP contribution is -2.59. The zero-order valence-corrected chi connectivity index (χ0v) is 12.2. The van der Waals surface area contributed by atoms with Crippen LogP contribution >= 0.6 is 0 Å². The van der Waals surface area contributed by atoms with Gasteiger partial charge in [0.25, 0.3) is 0 Å². The molecule has 2 saturated heterocycles. The van der Waals surface area contributed by atoms with Crippen LogP contribution in [-0.4, -0.2) is 40.7 Å². The molecule has 1 N–H and O–H groups in total. The van der Waals surface area contributed by atoms with Crippen molar-refractivity contribution in [2.45, 2.75) is 50.8 Å². The van der Waals surface area contributed by atoms with Gasteiger partial charge in [-0.25, -0.2) is 9.78 Å². The molecular weight excluding hydrogens is 258 g/mol. The molecular formula is C14H21N3O3. The van der Waals surface area contributed by atoms with Crippen LogP contribution in [0.2, 0.25) is 0 Å². The first-order valence-corrected chi connectivity index (χ1v) is 7.02. The molecule has 1 aromatic heterocycles. The number of hydrogen-bond acceptors (Lipinski definition) is 5. The lowest BCUT2D eigenvalue weighted by Gasteiger charge is -2.40. The van der Waals surface area contributed by atoms with Gasteiger partial charge in [-0.05, 0) is 33.6 Å². The van der Waals surface area contributed by atoms with Crippen molar-refractivity contribution in [1.82, 2.24) is 15.2 Å². The molecule has 0 aliphatic carbocycles. The summed E-state index contributed by atoms with van der Waals surface area (Å²) in [7, 11) is 0. The summed E-state index contributed by atoms with van der Waals surface area (Å²) in [6.07, 6.45) is 4.84. The summed E-state index contributed by atoms with van der Waals surface area (Å²) in [6.45, 7) is 6.92. The van der Waals surface area contributed by atoms with Crippen molar-refractivity contribution in [1.29, 1.82) is 0 Å². The van der Waals surface area contributed by atoms with Gasteiger partial charge in [0.05, 0.1) is 5.54 Å². The third-order valence-corrected chi connectivity index (χ3v) is 3.88. The maximum absolute atomic E-state index is 12.3. The second-order valence-corrected chi connectivity index (χ2v) is 6.70. The van der Waals surface area contributed by atoms with Gasteiger partial charge in [0, 0.05) is 19.1 Å². The Morgan fingerprint density at radius 3 is 3.05 bits per heavy atom. The van der Waals surface area contributed by atoms with E-state index in [1.54, 1.807) is 11.2 Å². The standard InChI is InChI=1S/C14H21N3O3/c1-13(2,3)20-12(18)17-6-10-4-5-14(8-17,16-10)11-7-19-9-15-11/h7,9-10,16H,4-6,8H2,1-3H3. The number of piperazine rings is 1. The number of rotatable bonds is 1. The topological polar surface area (TPSA) is 67.6 Å². The Bertz CT molecular complexity index is 494. The highest BCUT2D eigenvalue weighted by atomic mass is 16.6. The van der Waals surface area contributed by atoms with E-state index in [4.69, 9.17) is 9.15 Å². The number of aromatic nitrogens is 1. The van der Waals surface area contributed by atoms with Crippen LogP contribution in [0.1, 0.15) is 39.3 Å². The number of nitrogens with zero attached hydrogens (tertiary/aromatic N) is 2. The number of ether oxygens (including phenoxy) is 1. The van der Waals surface area contributed by atoms with Crippen molar-refractivity contribution < 1.29 is 13.9 Å². The summed E-state index contributed by atoms with van der Waals surface area (Å²) < 4.78 is 10.6. The first kappa shape index (κ1) is 13.4. The number of oxazole rings is 1. The highest BCUT2D eigenvalue weighted by Gasteiger charge is 2.49. The molecule has 3 heterocycles. The monoisotopic (exact) mass is 279 g/mol. The van der Waals surface area contributed by atoms with Crippen molar-refractivity contribution in [3.63, 3.8) is 0 Å². The summed E-state index contributed by atoms with van der Waals surface area (Å²) in [4.78, 5) is 18.3. The van der Waals surface area contributed by atoms with Crippen LogP contribution in [0.4, 0.5) is 4.79 Å². The van der Waals surface area contributed by atoms with E-state index in [-0.39, 0.29) is 11.6 Å². The minimum atomic E-state index is -0.470. The van der Waals surface area contributed by atoms with Crippen LogP contribution in [0.5, 0.6) is 0 Å². The van der Waals surface area contributed by atoms with Crippen LogP contribution in [0.3, 0.4) is 0 Å². The van der Waals surface area contributed by atoms with E-state index < -0.39 is 5.60 Å². The highest BCUT2D eigenvalue weighted by molar-refractivity contribution is 5.68. The maximum Gasteiger partial charge on any atom is 0.410 e. The van der Waals surface area contributed by atoms with Crippen molar-refractivity contribution in [3.05, 3.63) is 18.4 Å². The number of fused-ring (bicyclic) bond motifs is 2. The van der Waals surface area contributed by atoms with E-state index in [1.165, 1.54) is 6.39 Å². The first-order chi connectivity index (χ1) is 9.38. The highest BCUT2D eigenvalue weighted by Crippen LogP contribution is 2.37. The Kier molecular flexibility index (Phi) is 3.01. The number of carbonyl (C=O) groups excluding carboxylic acids is 1. The Balaban J connectivity index is 1.78. The van der Waals surface area contributed by atoms with Crippen molar-refractivity contribution in [3.8, 4) is 0 Å². The average molecular weight is 279 g/mol. The van der Waals surface area contributed by atoms with Gasteiger partial charge in [0.1, 0.15) is 17.6 Å². The van der Waals surface area contributed by atoms with E-state index in [0.717, 1.165) is 18.5 Å². The number of nitrogens with one attached hydrogen (secondary N) is 1. The average Bonchev–Trinajstić information content (AvgIpc) is 2.96. The van der Waals surface area contributed by atoms with Gasteiger partial charge < -0.3 is 14.1 Å². The molecule has 0 spiro atoms. The molecule has 2 bridgehead atoms. The third-order valence-electron chi connectivity index (χ3n) is 3.88. The fourth-order valence-electron chi connectivity index (χ4n) is 3.07. The van der Waals surface area contributed by atoms with Crippen LogP contribution in [-0.2, 0) is 10.3 Å². The summed E-state index contributed by atoms with van der Waals surface area (Å²) in [6, 6.07) is 0.299. The Labute approximate surface area is 118 Å². The fourth-order valence-corrected chi connectivity index (χ4v) is 3.07. The van der Waals surface area contributed by atoms with Gasteiger partial charge in [0.15, 0.2) is 6.39 Å². The number of amides is 1. The third kappa shape index (κ3) is 2.40. The Morgan fingerprint density at radius 2 is 2.40 bits per heavy atom. The predicted octanol–water partition coefficient (Wildman–Crippen LogP) is 1.87. The predicted molar refractivity (Wildman–Crippen MR) is 72.1 cm³/mol. The largest absolute Gasteiger partial charge is 0.451 e. The molecule has 6 nitrogen and oxygen atoms in total. The quantitative estimate of drug-likeness (QED) is 0.850. The lowest BCUT2D eigenvalue weighted by molar-refractivity contribution is 0.0120. The van der Waals surface area contributed by atoms with Gasteiger partial charge in [-0.3, -0.25) is 5.32 Å². The van der Waals surface area contributed by atoms with E-state index >= 15 is 0 Å². The Hall–Kier alpha value is -1.56. The molecule has 2 aliphatic heterocycles. The summed E-state index contributed by atoms with van der Waals surface area (Å²) in [5, 5.41) is 3.58. The van der Waals surface area contributed by atoms with Crippen LogP contribution in [0, 0.1) is 0 Å². The summed E-state index contributed by atoms with van der Waals surface area (Å²) in [5.41, 5.74) is 0.114. The van der Waals surface area contributed by atoms with E-state index in [1.807, 2.05) is 20.8 Å². The molecule has 0 radical (unpaired) electrons. The van der Waals surface area contributed by atoms with Crippen molar-refractivity contribution in [2.75, 3.05) is 13.1 Å². The minimum absolute atomic E-state index is 0.251. The molecule has 110 valence electrons. The van der Waals surface area contributed by atoms with Crippen LogP contribution < -0.4 is 5.32 Å².